The lowest BCUT2D eigenvalue weighted by atomic mass is 9.94. The molecule has 2 aromatic carbocycles. The van der Waals surface area contributed by atoms with Gasteiger partial charge < -0.3 is 25.2 Å². The van der Waals surface area contributed by atoms with Crippen LogP contribution in [-0.2, 0) is 19.5 Å². The van der Waals surface area contributed by atoms with Gasteiger partial charge in [0.25, 0.3) is 5.91 Å². The molecule has 15 heteroatoms. The first-order chi connectivity index (χ1) is 25.2. The minimum Gasteiger partial charge on any atom is -0.508 e. The molecule has 3 aliphatic rings. The zero-order valence-electron chi connectivity index (χ0n) is 28.7. The van der Waals surface area contributed by atoms with Gasteiger partial charge in [0.15, 0.2) is 11.5 Å². The van der Waals surface area contributed by atoms with Crippen molar-refractivity contribution in [1.29, 1.82) is 0 Å². The normalized spacial score (nSPS) is 20.3. The SMILES string of the molecule is CCc1c(F)ccc2cc(O)cc(-c3ncc4c(N5CCCn6nc(C(=O)NCCO)cc6C5)nc(OC[C@@]56CCCN5C[C@H](F)C6)nc4c3F)c12. The molecule has 2 atom stereocenters. The molecule has 12 nitrogen and oxygen atoms in total. The fourth-order valence-electron chi connectivity index (χ4n) is 8.21. The number of aliphatic hydroxyl groups is 1. The highest BCUT2D eigenvalue weighted by Crippen LogP contribution is 2.42. The summed E-state index contributed by atoms with van der Waals surface area (Å²) in [6.07, 6.45) is 3.49. The first-order valence-corrected chi connectivity index (χ1v) is 17.7. The van der Waals surface area contributed by atoms with Gasteiger partial charge >= 0.3 is 6.01 Å². The van der Waals surface area contributed by atoms with Crippen LogP contribution >= 0.6 is 0 Å². The van der Waals surface area contributed by atoms with E-state index in [-0.39, 0.29) is 60.5 Å². The van der Waals surface area contributed by atoms with Gasteiger partial charge in [0.1, 0.15) is 41.4 Å². The van der Waals surface area contributed by atoms with Crippen molar-refractivity contribution in [1.82, 2.24) is 34.9 Å². The zero-order chi connectivity index (χ0) is 36.1. The van der Waals surface area contributed by atoms with Gasteiger partial charge in [-0.25, -0.2) is 13.2 Å². The molecule has 2 saturated heterocycles. The Labute approximate surface area is 297 Å². The van der Waals surface area contributed by atoms with Crippen molar-refractivity contribution in [2.75, 3.05) is 44.3 Å². The van der Waals surface area contributed by atoms with Crippen LogP contribution in [0.15, 0.2) is 36.5 Å². The molecule has 5 aromatic rings. The molecule has 52 heavy (non-hydrogen) atoms. The second-order valence-corrected chi connectivity index (χ2v) is 13.8. The summed E-state index contributed by atoms with van der Waals surface area (Å²) < 4.78 is 54.8. The quantitative estimate of drug-likeness (QED) is 0.197. The van der Waals surface area contributed by atoms with Gasteiger partial charge in [-0.3, -0.25) is 19.4 Å². The molecule has 8 rings (SSSR count). The number of phenolic OH excluding ortho intramolecular Hbond substituents is 1. The number of hydrogen-bond donors (Lipinski definition) is 3. The lowest BCUT2D eigenvalue weighted by Crippen LogP contribution is -2.43. The number of benzene rings is 2. The van der Waals surface area contributed by atoms with Gasteiger partial charge in [-0.05, 0) is 72.8 Å². The number of rotatable bonds is 9. The summed E-state index contributed by atoms with van der Waals surface area (Å²) in [7, 11) is 0. The molecule has 3 aromatic heterocycles. The highest BCUT2D eigenvalue weighted by molar-refractivity contribution is 6.01. The molecule has 0 saturated carbocycles. The minimum atomic E-state index is -0.962. The number of amides is 1. The standard InChI is InChI=1S/C37H39F3N8O4/c1-2-25-28(39)6-5-21-13-24(50)15-26(30(21)25)32-31(40)33-27(17-42-32)34(44-36(43-33)52-20-37-7-3-10-47(37)18-22(38)16-37)46-9-4-11-48-23(19-46)14-29(45-48)35(51)41-8-12-49/h5-6,13-15,17,22,49-50H,2-4,7-12,16,18-20H2,1H3,(H,41,51)/t22-,37+/m1/s1. The Morgan fingerprint density at radius 3 is 2.83 bits per heavy atom. The second kappa shape index (κ2) is 13.5. The molecule has 0 radical (unpaired) electrons. The Morgan fingerprint density at radius 2 is 2.00 bits per heavy atom. The number of carbonyl (C=O) groups excluding carboxylic acids is 1. The fourth-order valence-corrected chi connectivity index (χ4v) is 8.21. The lowest BCUT2D eigenvalue weighted by molar-refractivity contribution is 0.0939. The van der Waals surface area contributed by atoms with Crippen molar-refractivity contribution in [3.63, 3.8) is 0 Å². The monoisotopic (exact) mass is 716 g/mol. The highest BCUT2D eigenvalue weighted by atomic mass is 19.1. The third-order valence-corrected chi connectivity index (χ3v) is 10.6. The average Bonchev–Trinajstić information content (AvgIpc) is 3.76. The predicted molar refractivity (Wildman–Crippen MR) is 187 cm³/mol. The van der Waals surface area contributed by atoms with E-state index in [0.717, 1.165) is 25.1 Å². The number of aromatic hydroxyl groups is 1. The number of halogens is 3. The summed E-state index contributed by atoms with van der Waals surface area (Å²) in [6.45, 7) is 4.25. The van der Waals surface area contributed by atoms with Crippen LogP contribution in [0.25, 0.3) is 32.9 Å². The molecule has 0 bridgehead atoms. The lowest BCUT2D eigenvalue weighted by Gasteiger charge is -2.31. The van der Waals surface area contributed by atoms with E-state index in [2.05, 4.69) is 25.3 Å². The molecule has 3 aliphatic heterocycles. The number of alkyl halides is 1. The number of phenols is 1. The van der Waals surface area contributed by atoms with E-state index in [4.69, 9.17) is 14.8 Å². The van der Waals surface area contributed by atoms with Gasteiger partial charge in [0.05, 0.1) is 29.8 Å². The zero-order valence-corrected chi connectivity index (χ0v) is 28.7. The molecule has 272 valence electrons. The second-order valence-electron chi connectivity index (χ2n) is 13.8. The van der Waals surface area contributed by atoms with Crippen LogP contribution in [0.4, 0.5) is 19.0 Å². The van der Waals surface area contributed by atoms with E-state index in [1.54, 1.807) is 23.7 Å². The molecular weight excluding hydrogens is 677 g/mol. The van der Waals surface area contributed by atoms with Crippen LogP contribution in [0.5, 0.6) is 11.8 Å². The Hall–Kier alpha value is -5.02. The van der Waals surface area contributed by atoms with E-state index < -0.39 is 29.3 Å². The van der Waals surface area contributed by atoms with Gasteiger partial charge in [0.2, 0.25) is 0 Å². The predicted octanol–water partition coefficient (Wildman–Crippen LogP) is 4.68. The Bertz CT molecular complexity index is 2200. The number of aliphatic hydroxyl groups excluding tert-OH is 1. The number of anilines is 1. The maximum absolute atomic E-state index is 17.1. The number of aryl methyl sites for hydroxylation is 2. The van der Waals surface area contributed by atoms with E-state index >= 15 is 8.78 Å². The van der Waals surface area contributed by atoms with Crippen molar-refractivity contribution < 1.29 is 32.9 Å². The van der Waals surface area contributed by atoms with Crippen LogP contribution in [-0.4, -0.2) is 96.9 Å². The molecule has 1 amide bonds. The van der Waals surface area contributed by atoms with E-state index in [9.17, 15) is 14.3 Å². The van der Waals surface area contributed by atoms with Gasteiger partial charge in [-0.15, -0.1) is 0 Å². The number of ether oxygens (including phenoxy) is 1. The van der Waals surface area contributed by atoms with Gasteiger partial charge in [0, 0.05) is 44.4 Å². The number of carbonyl (C=O) groups is 1. The molecule has 6 heterocycles. The van der Waals surface area contributed by atoms with Crippen LogP contribution in [0, 0.1) is 11.6 Å². The Balaban J connectivity index is 1.24. The summed E-state index contributed by atoms with van der Waals surface area (Å²) in [5, 5.41) is 28.2. The number of nitrogens with zero attached hydrogens (tertiary/aromatic N) is 7. The van der Waals surface area contributed by atoms with Crippen LogP contribution in [0.1, 0.15) is 54.4 Å². The van der Waals surface area contributed by atoms with Crippen LogP contribution in [0.2, 0.25) is 0 Å². The summed E-state index contributed by atoms with van der Waals surface area (Å²) in [4.78, 5) is 30.6. The maximum atomic E-state index is 17.1. The van der Waals surface area contributed by atoms with Crippen molar-refractivity contribution in [2.45, 2.75) is 63.8 Å². The van der Waals surface area contributed by atoms with E-state index in [0.29, 0.717) is 66.4 Å². The Morgan fingerprint density at radius 1 is 1.13 bits per heavy atom. The van der Waals surface area contributed by atoms with Gasteiger partial charge in [-0.1, -0.05) is 13.0 Å². The first kappa shape index (κ1) is 34.1. The Kier molecular flexibility index (Phi) is 8.86. The molecule has 3 N–H and O–H groups in total. The van der Waals surface area contributed by atoms with Crippen LogP contribution < -0.4 is 15.0 Å². The number of hydrogen-bond acceptors (Lipinski definition) is 10. The summed E-state index contributed by atoms with van der Waals surface area (Å²) in [5.74, 6) is -1.41. The maximum Gasteiger partial charge on any atom is 0.319 e. The summed E-state index contributed by atoms with van der Waals surface area (Å²) >= 11 is 0. The third kappa shape index (κ3) is 5.94. The molecule has 0 unspecified atom stereocenters. The highest BCUT2D eigenvalue weighted by Gasteiger charge is 2.49. The van der Waals surface area contributed by atoms with Crippen molar-refractivity contribution in [3.8, 4) is 23.0 Å². The molecule has 0 aliphatic carbocycles. The summed E-state index contributed by atoms with van der Waals surface area (Å²) in [6, 6.07) is 7.36. The number of nitrogens with one attached hydrogen (secondary N) is 1. The number of fused-ring (bicyclic) bond motifs is 4. The summed E-state index contributed by atoms with van der Waals surface area (Å²) in [5.41, 5.74) is 0.842. The average molecular weight is 717 g/mol. The fraction of sp³-hybridized carbons (Fsp3) is 0.432. The van der Waals surface area contributed by atoms with Crippen molar-refractivity contribution in [2.24, 2.45) is 0 Å². The smallest absolute Gasteiger partial charge is 0.319 e. The topological polar surface area (TPSA) is 142 Å². The largest absolute Gasteiger partial charge is 0.508 e. The van der Waals surface area contributed by atoms with E-state index in [1.165, 1.54) is 24.4 Å². The number of pyridine rings is 1. The molecular formula is C37H39F3N8O4. The molecule has 2 fully saturated rings. The van der Waals surface area contributed by atoms with E-state index in [1.807, 2.05) is 4.90 Å². The van der Waals surface area contributed by atoms with Gasteiger partial charge in [-0.2, -0.15) is 15.1 Å². The first-order valence-electron chi connectivity index (χ1n) is 17.7. The number of aromatic nitrogens is 5. The minimum absolute atomic E-state index is 0.0756. The van der Waals surface area contributed by atoms with Crippen LogP contribution in [0.3, 0.4) is 0 Å². The van der Waals surface area contributed by atoms with Crippen molar-refractivity contribution >= 4 is 33.4 Å². The molecule has 0 spiro atoms. The third-order valence-electron chi connectivity index (χ3n) is 10.6. The van der Waals surface area contributed by atoms with Crippen molar-refractivity contribution in [3.05, 3.63) is 65.1 Å².